The third-order valence-electron chi connectivity index (χ3n) is 4.61. The van der Waals surface area contributed by atoms with Crippen LogP contribution in [0, 0.1) is 0 Å². The monoisotopic (exact) mass is 350 g/mol. The second-order valence-electron chi connectivity index (χ2n) is 6.22. The van der Waals surface area contributed by atoms with Crippen molar-refractivity contribution in [3.63, 3.8) is 0 Å². The van der Waals surface area contributed by atoms with Gasteiger partial charge >= 0.3 is 6.03 Å². The zero-order valence-electron chi connectivity index (χ0n) is 14.5. The van der Waals surface area contributed by atoms with Gasteiger partial charge in [0.1, 0.15) is 0 Å². The van der Waals surface area contributed by atoms with Gasteiger partial charge in [0.15, 0.2) is 17.3 Å². The van der Waals surface area contributed by atoms with Crippen LogP contribution in [0.5, 0.6) is 11.5 Å². The Morgan fingerprint density at radius 2 is 1.85 bits per heavy atom. The first-order valence-electron chi connectivity index (χ1n) is 8.33. The van der Waals surface area contributed by atoms with Gasteiger partial charge in [0.05, 0.1) is 11.7 Å². The van der Waals surface area contributed by atoms with Gasteiger partial charge in [-0.3, -0.25) is 9.69 Å². The molecule has 2 aliphatic heterocycles. The standard InChI is InChI=1S/C20H18N2O4/c1-12-18(13(2)23)19(14-8-9-16-17(10-14)26-11-25-16)21-20(24)22(12)15-6-4-3-5-7-15/h3-10,19H,11H2,1-2H3,(H,21,24)/t19-/m1/s1. The minimum Gasteiger partial charge on any atom is -0.454 e. The number of rotatable bonds is 3. The lowest BCUT2D eigenvalue weighted by molar-refractivity contribution is -0.114. The van der Waals surface area contributed by atoms with Gasteiger partial charge in [0, 0.05) is 11.3 Å². The second-order valence-corrected chi connectivity index (χ2v) is 6.22. The van der Waals surface area contributed by atoms with Gasteiger partial charge in [0.25, 0.3) is 0 Å². The number of nitrogens with one attached hydrogen (secondary N) is 1. The van der Waals surface area contributed by atoms with Gasteiger partial charge in [0.2, 0.25) is 6.79 Å². The van der Waals surface area contributed by atoms with Crippen LogP contribution >= 0.6 is 0 Å². The number of hydrogen-bond donors (Lipinski definition) is 1. The molecule has 0 fully saturated rings. The van der Waals surface area contributed by atoms with E-state index in [9.17, 15) is 9.59 Å². The van der Waals surface area contributed by atoms with Crippen molar-refractivity contribution in [1.29, 1.82) is 0 Å². The number of ketones is 1. The fourth-order valence-electron chi connectivity index (χ4n) is 3.43. The number of carbonyl (C=O) groups is 2. The summed E-state index contributed by atoms with van der Waals surface area (Å²) in [5.74, 6) is 1.18. The van der Waals surface area contributed by atoms with Gasteiger partial charge < -0.3 is 14.8 Å². The molecule has 2 heterocycles. The SMILES string of the molecule is CC(=O)C1=C(C)N(c2ccccc2)C(=O)N[C@@H]1c1ccc2c(c1)OCO2. The van der Waals surface area contributed by atoms with Crippen molar-refractivity contribution < 1.29 is 19.1 Å². The van der Waals surface area contributed by atoms with Crippen LogP contribution in [-0.4, -0.2) is 18.6 Å². The van der Waals surface area contributed by atoms with Crippen molar-refractivity contribution in [2.45, 2.75) is 19.9 Å². The Hall–Kier alpha value is -3.28. The number of carbonyl (C=O) groups excluding carboxylic acids is 2. The summed E-state index contributed by atoms with van der Waals surface area (Å²) in [5, 5.41) is 2.95. The summed E-state index contributed by atoms with van der Waals surface area (Å²) in [6.07, 6.45) is 0. The maximum Gasteiger partial charge on any atom is 0.326 e. The summed E-state index contributed by atoms with van der Waals surface area (Å²) >= 11 is 0. The average Bonchev–Trinajstić information content (AvgIpc) is 3.09. The van der Waals surface area contributed by atoms with Crippen LogP contribution in [0.4, 0.5) is 10.5 Å². The fourth-order valence-corrected chi connectivity index (χ4v) is 3.43. The maximum absolute atomic E-state index is 12.8. The van der Waals surface area contributed by atoms with E-state index in [1.54, 1.807) is 13.0 Å². The van der Waals surface area contributed by atoms with E-state index in [2.05, 4.69) is 5.32 Å². The van der Waals surface area contributed by atoms with E-state index in [4.69, 9.17) is 9.47 Å². The summed E-state index contributed by atoms with van der Waals surface area (Å²) in [4.78, 5) is 26.8. The largest absolute Gasteiger partial charge is 0.454 e. The number of fused-ring (bicyclic) bond motifs is 1. The summed E-state index contributed by atoms with van der Waals surface area (Å²) in [7, 11) is 0. The van der Waals surface area contributed by atoms with E-state index >= 15 is 0 Å². The zero-order chi connectivity index (χ0) is 18.3. The van der Waals surface area contributed by atoms with Gasteiger partial charge in [-0.05, 0) is 43.7 Å². The Morgan fingerprint density at radius 3 is 2.58 bits per heavy atom. The molecule has 132 valence electrons. The van der Waals surface area contributed by atoms with E-state index in [-0.39, 0.29) is 18.6 Å². The molecule has 6 nitrogen and oxygen atoms in total. The normalized spacial score (nSPS) is 18.8. The molecule has 0 aromatic heterocycles. The van der Waals surface area contributed by atoms with E-state index < -0.39 is 6.04 Å². The van der Waals surface area contributed by atoms with Crippen LogP contribution in [0.1, 0.15) is 25.5 Å². The van der Waals surface area contributed by atoms with Crippen molar-refractivity contribution in [3.05, 3.63) is 65.4 Å². The molecular weight excluding hydrogens is 332 g/mol. The van der Waals surface area contributed by atoms with Crippen molar-refractivity contribution in [2.24, 2.45) is 0 Å². The molecule has 0 radical (unpaired) electrons. The van der Waals surface area contributed by atoms with E-state index in [1.807, 2.05) is 42.5 Å². The number of amides is 2. The van der Waals surface area contributed by atoms with E-state index in [1.165, 1.54) is 11.8 Å². The third kappa shape index (κ3) is 2.60. The summed E-state index contributed by atoms with van der Waals surface area (Å²) in [6, 6.07) is 13.9. The minimum absolute atomic E-state index is 0.0916. The molecular formula is C20H18N2O4. The second kappa shape index (κ2) is 6.22. The van der Waals surface area contributed by atoms with Crippen LogP contribution in [-0.2, 0) is 4.79 Å². The molecule has 0 saturated carbocycles. The first-order chi connectivity index (χ1) is 12.6. The molecule has 6 heteroatoms. The highest BCUT2D eigenvalue weighted by Gasteiger charge is 2.35. The van der Waals surface area contributed by atoms with Crippen molar-refractivity contribution in [1.82, 2.24) is 5.32 Å². The molecule has 0 aliphatic carbocycles. The van der Waals surface area contributed by atoms with Gasteiger partial charge in [-0.2, -0.15) is 0 Å². The molecule has 2 aliphatic rings. The average molecular weight is 350 g/mol. The van der Waals surface area contributed by atoms with Crippen LogP contribution < -0.4 is 19.7 Å². The van der Waals surface area contributed by atoms with Crippen LogP contribution in [0.15, 0.2) is 59.8 Å². The lowest BCUT2D eigenvalue weighted by Crippen LogP contribution is -2.47. The molecule has 4 rings (SSSR count). The highest BCUT2D eigenvalue weighted by molar-refractivity contribution is 6.04. The number of allylic oxidation sites excluding steroid dienone is 1. The first kappa shape index (κ1) is 16.2. The Kier molecular flexibility index (Phi) is 3.88. The molecule has 1 N–H and O–H groups in total. The molecule has 0 bridgehead atoms. The number of para-hydroxylation sites is 1. The smallest absolute Gasteiger partial charge is 0.326 e. The van der Waals surface area contributed by atoms with Crippen molar-refractivity contribution in [3.8, 4) is 11.5 Å². The number of benzene rings is 2. The highest BCUT2D eigenvalue weighted by atomic mass is 16.7. The first-order valence-corrected chi connectivity index (χ1v) is 8.33. The maximum atomic E-state index is 12.8. The summed E-state index contributed by atoms with van der Waals surface area (Å²) in [6.45, 7) is 3.48. The molecule has 2 aromatic rings. The predicted molar refractivity (Wildman–Crippen MR) is 96.1 cm³/mol. The summed E-state index contributed by atoms with van der Waals surface area (Å²) < 4.78 is 10.8. The third-order valence-corrected chi connectivity index (χ3v) is 4.61. The number of nitrogens with zero attached hydrogens (tertiary/aromatic N) is 1. The van der Waals surface area contributed by atoms with Crippen LogP contribution in [0.25, 0.3) is 0 Å². The van der Waals surface area contributed by atoms with Crippen LogP contribution in [0.2, 0.25) is 0 Å². The van der Waals surface area contributed by atoms with Crippen molar-refractivity contribution in [2.75, 3.05) is 11.7 Å². The lowest BCUT2D eigenvalue weighted by Gasteiger charge is -2.35. The van der Waals surface area contributed by atoms with E-state index in [0.717, 1.165) is 5.56 Å². The predicted octanol–water partition coefficient (Wildman–Crippen LogP) is 3.55. The molecule has 0 unspecified atom stereocenters. The van der Waals surface area contributed by atoms with E-state index in [0.29, 0.717) is 28.5 Å². The molecule has 1 atom stereocenters. The quantitative estimate of drug-likeness (QED) is 0.919. The summed E-state index contributed by atoms with van der Waals surface area (Å²) in [5.41, 5.74) is 2.66. The molecule has 26 heavy (non-hydrogen) atoms. The fraction of sp³-hybridized carbons (Fsp3) is 0.200. The van der Waals surface area contributed by atoms with Gasteiger partial charge in [-0.25, -0.2) is 4.79 Å². The Labute approximate surface area is 151 Å². The number of anilines is 1. The Morgan fingerprint density at radius 1 is 1.12 bits per heavy atom. The molecule has 0 saturated heterocycles. The van der Waals surface area contributed by atoms with Gasteiger partial charge in [-0.15, -0.1) is 0 Å². The zero-order valence-corrected chi connectivity index (χ0v) is 14.5. The van der Waals surface area contributed by atoms with Crippen molar-refractivity contribution >= 4 is 17.5 Å². The number of Topliss-reactive ketones (excluding diaryl/α,β-unsaturated/α-hetero) is 1. The molecule has 0 spiro atoms. The van der Waals surface area contributed by atoms with Crippen LogP contribution in [0.3, 0.4) is 0 Å². The molecule has 2 amide bonds. The lowest BCUT2D eigenvalue weighted by atomic mass is 9.92. The topological polar surface area (TPSA) is 67.9 Å². The molecule has 2 aromatic carbocycles. The highest BCUT2D eigenvalue weighted by Crippen LogP contribution is 2.38. The Bertz CT molecular complexity index is 921. The minimum atomic E-state index is -0.533. The van der Waals surface area contributed by atoms with Gasteiger partial charge in [-0.1, -0.05) is 24.3 Å². The Balaban J connectivity index is 1.80. The number of ether oxygens (including phenoxy) is 2. The number of urea groups is 1. The number of hydrogen-bond acceptors (Lipinski definition) is 4.